The number of rotatable bonds is 5. The van der Waals surface area contributed by atoms with Gasteiger partial charge in [0.05, 0.1) is 11.3 Å². The third-order valence-corrected chi connectivity index (χ3v) is 3.89. The van der Waals surface area contributed by atoms with Crippen LogP contribution in [0, 0.1) is 0 Å². The number of aliphatic carboxylic acids is 1. The number of carboxylic acid groups (broad SMARTS) is 1. The summed E-state index contributed by atoms with van der Waals surface area (Å²) in [7, 11) is -3.22. The fourth-order valence-electron chi connectivity index (χ4n) is 1.74. The zero-order chi connectivity index (χ0) is 15.5. The van der Waals surface area contributed by atoms with E-state index in [2.05, 4.69) is 0 Å². The van der Waals surface area contributed by atoms with Crippen LogP contribution in [0.1, 0.15) is 5.56 Å². The van der Waals surface area contributed by atoms with Crippen LogP contribution in [0.2, 0.25) is 0 Å². The Balaban J connectivity index is 2.09. The molecule has 6 heteroatoms. The summed E-state index contributed by atoms with van der Waals surface area (Å²) in [4.78, 5) is 10.8. The summed E-state index contributed by atoms with van der Waals surface area (Å²) in [5, 5.41) is 8.68. The third kappa shape index (κ3) is 4.32. The molecule has 0 aliphatic rings. The van der Waals surface area contributed by atoms with Crippen molar-refractivity contribution >= 4 is 15.8 Å². The Labute approximate surface area is 122 Å². The van der Waals surface area contributed by atoms with Crippen LogP contribution in [-0.4, -0.2) is 25.7 Å². The van der Waals surface area contributed by atoms with Crippen molar-refractivity contribution in [1.82, 2.24) is 0 Å². The van der Waals surface area contributed by atoms with Gasteiger partial charge in [0, 0.05) is 6.26 Å². The molecular weight excluding hydrogens is 292 g/mol. The molecule has 0 spiro atoms. The lowest BCUT2D eigenvalue weighted by atomic mass is 10.1. The van der Waals surface area contributed by atoms with Crippen molar-refractivity contribution in [3.8, 4) is 11.5 Å². The van der Waals surface area contributed by atoms with E-state index in [0.717, 1.165) is 6.26 Å². The van der Waals surface area contributed by atoms with E-state index >= 15 is 0 Å². The predicted molar refractivity (Wildman–Crippen MR) is 77.4 cm³/mol. The maximum atomic E-state index is 11.3. The van der Waals surface area contributed by atoms with E-state index in [9.17, 15) is 13.2 Å². The Hall–Kier alpha value is -2.34. The zero-order valence-electron chi connectivity index (χ0n) is 11.3. The highest BCUT2D eigenvalue weighted by Gasteiger charge is 2.07. The molecule has 2 aromatic rings. The molecule has 0 unspecified atom stereocenters. The van der Waals surface area contributed by atoms with E-state index in [-0.39, 0.29) is 11.3 Å². The fraction of sp³-hybridized carbons (Fsp3) is 0.133. The Morgan fingerprint density at radius 3 is 1.90 bits per heavy atom. The molecule has 1 N–H and O–H groups in total. The van der Waals surface area contributed by atoms with E-state index in [1.54, 1.807) is 36.4 Å². The standard InChI is InChI=1S/C15H14O5S/c1-21(18,19)14-8-6-13(7-9-14)20-12-4-2-11(3-5-12)10-15(16)17/h2-9H,10H2,1H3,(H,16,17). The molecule has 0 fully saturated rings. The number of ether oxygens (including phenoxy) is 1. The van der Waals surface area contributed by atoms with Crippen LogP contribution in [0.25, 0.3) is 0 Å². The van der Waals surface area contributed by atoms with Crippen molar-refractivity contribution in [1.29, 1.82) is 0 Å². The van der Waals surface area contributed by atoms with Crippen LogP contribution >= 0.6 is 0 Å². The number of sulfone groups is 1. The Morgan fingerprint density at radius 2 is 1.48 bits per heavy atom. The Kier molecular flexibility index (Phi) is 4.28. The van der Waals surface area contributed by atoms with E-state index in [1.165, 1.54) is 12.1 Å². The summed E-state index contributed by atoms with van der Waals surface area (Å²) in [6.07, 6.45) is 1.10. The van der Waals surface area contributed by atoms with Crippen LogP contribution < -0.4 is 4.74 Å². The molecule has 0 aliphatic carbocycles. The Bertz CT molecular complexity index is 731. The molecule has 5 nitrogen and oxygen atoms in total. The largest absolute Gasteiger partial charge is 0.481 e. The summed E-state index contributed by atoms with van der Waals surface area (Å²) in [6.45, 7) is 0. The van der Waals surface area contributed by atoms with E-state index in [4.69, 9.17) is 9.84 Å². The number of carboxylic acids is 1. The van der Waals surface area contributed by atoms with Gasteiger partial charge < -0.3 is 9.84 Å². The van der Waals surface area contributed by atoms with Gasteiger partial charge in [0.25, 0.3) is 0 Å². The lowest BCUT2D eigenvalue weighted by molar-refractivity contribution is -0.136. The quantitative estimate of drug-likeness (QED) is 0.918. The van der Waals surface area contributed by atoms with Gasteiger partial charge in [0.1, 0.15) is 11.5 Å². The van der Waals surface area contributed by atoms with Gasteiger partial charge in [-0.15, -0.1) is 0 Å². The van der Waals surface area contributed by atoms with Crippen LogP contribution in [0.5, 0.6) is 11.5 Å². The molecule has 110 valence electrons. The number of benzene rings is 2. The molecule has 0 saturated heterocycles. The third-order valence-electron chi connectivity index (χ3n) is 2.77. The van der Waals surface area contributed by atoms with Gasteiger partial charge in [0.2, 0.25) is 0 Å². The van der Waals surface area contributed by atoms with Gasteiger partial charge in [-0.25, -0.2) is 8.42 Å². The molecule has 0 bridgehead atoms. The van der Waals surface area contributed by atoms with Crippen LogP contribution in [0.3, 0.4) is 0 Å². The monoisotopic (exact) mass is 306 g/mol. The SMILES string of the molecule is CS(=O)(=O)c1ccc(Oc2ccc(CC(=O)O)cc2)cc1. The van der Waals surface area contributed by atoms with E-state index < -0.39 is 15.8 Å². The number of hydrogen-bond donors (Lipinski definition) is 1. The average molecular weight is 306 g/mol. The van der Waals surface area contributed by atoms with E-state index in [0.29, 0.717) is 17.1 Å². The molecule has 0 amide bonds. The first-order valence-corrected chi connectivity index (χ1v) is 8.02. The first-order valence-electron chi connectivity index (χ1n) is 6.13. The first kappa shape index (κ1) is 15.1. The van der Waals surface area contributed by atoms with Crippen molar-refractivity contribution in [2.75, 3.05) is 6.26 Å². The average Bonchev–Trinajstić information content (AvgIpc) is 2.40. The number of carbonyl (C=O) groups is 1. The Morgan fingerprint density at radius 1 is 1.00 bits per heavy atom. The predicted octanol–water partition coefficient (Wildman–Crippen LogP) is 2.51. The highest BCUT2D eigenvalue weighted by molar-refractivity contribution is 7.90. The minimum Gasteiger partial charge on any atom is -0.481 e. The molecule has 0 heterocycles. The van der Waals surface area contributed by atoms with Crippen molar-refractivity contribution in [3.05, 3.63) is 54.1 Å². The van der Waals surface area contributed by atoms with Crippen LogP contribution in [-0.2, 0) is 21.1 Å². The molecule has 0 aliphatic heterocycles. The topological polar surface area (TPSA) is 80.7 Å². The van der Waals surface area contributed by atoms with Crippen LogP contribution in [0.4, 0.5) is 0 Å². The lowest BCUT2D eigenvalue weighted by Crippen LogP contribution is -1.99. The summed E-state index contributed by atoms with van der Waals surface area (Å²) in [5.41, 5.74) is 0.683. The molecule has 2 rings (SSSR count). The maximum Gasteiger partial charge on any atom is 0.307 e. The molecule has 0 saturated carbocycles. The molecular formula is C15H14O5S. The summed E-state index contributed by atoms with van der Waals surface area (Å²) in [5.74, 6) is 0.171. The molecule has 21 heavy (non-hydrogen) atoms. The maximum absolute atomic E-state index is 11.3. The fourth-order valence-corrected chi connectivity index (χ4v) is 2.37. The highest BCUT2D eigenvalue weighted by Crippen LogP contribution is 2.23. The number of hydrogen-bond acceptors (Lipinski definition) is 4. The second-order valence-corrected chi connectivity index (χ2v) is 6.58. The molecule has 2 aromatic carbocycles. The highest BCUT2D eigenvalue weighted by atomic mass is 32.2. The zero-order valence-corrected chi connectivity index (χ0v) is 12.1. The minimum absolute atomic E-state index is 0.0384. The van der Waals surface area contributed by atoms with Crippen molar-refractivity contribution in [2.24, 2.45) is 0 Å². The minimum atomic E-state index is -3.22. The summed E-state index contributed by atoms with van der Waals surface area (Å²) >= 11 is 0. The van der Waals surface area contributed by atoms with Crippen molar-refractivity contribution in [3.63, 3.8) is 0 Å². The van der Waals surface area contributed by atoms with Gasteiger partial charge >= 0.3 is 5.97 Å². The molecule has 0 radical (unpaired) electrons. The van der Waals surface area contributed by atoms with Gasteiger partial charge in [0.15, 0.2) is 9.84 Å². The molecule has 0 aromatic heterocycles. The van der Waals surface area contributed by atoms with Gasteiger partial charge in [-0.05, 0) is 42.0 Å². The second kappa shape index (κ2) is 5.97. The smallest absolute Gasteiger partial charge is 0.307 e. The van der Waals surface area contributed by atoms with Crippen molar-refractivity contribution in [2.45, 2.75) is 11.3 Å². The molecule has 0 atom stereocenters. The lowest BCUT2D eigenvalue weighted by Gasteiger charge is -2.07. The summed E-state index contributed by atoms with van der Waals surface area (Å²) < 4.78 is 28.2. The van der Waals surface area contributed by atoms with Crippen LogP contribution in [0.15, 0.2) is 53.4 Å². The second-order valence-electron chi connectivity index (χ2n) is 4.56. The van der Waals surface area contributed by atoms with Gasteiger partial charge in [-0.3, -0.25) is 4.79 Å². The van der Waals surface area contributed by atoms with Gasteiger partial charge in [-0.2, -0.15) is 0 Å². The van der Waals surface area contributed by atoms with E-state index in [1.807, 2.05) is 0 Å². The van der Waals surface area contributed by atoms with Crippen molar-refractivity contribution < 1.29 is 23.1 Å². The first-order chi connectivity index (χ1) is 9.84. The normalized spacial score (nSPS) is 11.1. The summed E-state index contributed by atoms with van der Waals surface area (Å²) in [6, 6.07) is 12.8. The van der Waals surface area contributed by atoms with Gasteiger partial charge in [-0.1, -0.05) is 12.1 Å².